The number of hydrogen-bond donors (Lipinski definition) is 1. The molecule has 0 saturated carbocycles. The standard InChI is InChI=1S/C15H14FNO3S/c1-10-7-8-11(21(2,19)20)9-14(10)17-15(18)12-5-3-4-6-13(12)16/h3-9H,1-2H3,(H,17,18). The number of aryl methyl sites for hydroxylation is 1. The molecule has 1 N–H and O–H groups in total. The molecule has 21 heavy (non-hydrogen) atoms. The Kier molecular flexibility index (Phi) is 4.09. The van der Waals surface area contributed by atoms with Crippen molar-refractivity contribution < 1.29 is 17.6 Å². The molecule has 2 aromatic rings. The molecule has 1 amide bonds. The van der Waals surface area contributed by atoms with Crippen LogP contribution in [0.1, 0.15) is 15.9 Å². The summed E-state index contributed by atoms with van der Waals surface area (Å²) in [6.45, 7) is 1.73. The van der Waals surface area contributed by atoms with E-state index in [1.165, 1.54) is 30.3 Å². The number of benzene rings is 2. The number of rotatable bonds is 3. The zero-order valence-electron chi connectivity index (χ0n) is 11.6. The van der Waals surface area contributed by atoms with Gasteiger partial charge in [-0.2, -0.15) is 0 Å². The minimum Gasteiger partial charge on any atom is -0.322 e. The van der Waals surface area contributed by atoms with Gasteiger partial charge < -0.3 is 5.32 Å². The fourth-order valence-corrected chi connectivity index (χ4v) is 2.45. The van der Waals surface area contributed by atoms with E-state index < -0.39 is 21.6 Å². The highest BCUT2D eigenvalue weighted by atomic mass is 32.2. The average Bonchev–Trinajstić information content (AvgIpc) is 2.40. The fraction of sp³-hybridized carbons (Fsp3) is 0.133. The molecule has 0 saturated heterocycles. The van der Waals surface area contributed by atoms with Crippen LogP contribution in [0.5, 0.6) is 0 Å². The van der Waals surface area contributed by atoms with Crippen LogP contribution in [-0.2, 0) is 9.84 Å². The number of halogens is 1. The van der Waals surface area contributed by atoms with E-state index in [4.69, 9.17) is 0 Å². The van der Waals surface area contributed by atoms with Gasteiger partial charge in [-0.3, -0.25) is 4.79 Å². The van der Waals surface area contributed by atoms with Crippen molar-refractivity contribution in [2.24, 2.45) is 0 Å². The van der Waals surface area contributed by atoms with Crippen LogP contribution in [-0.4, -0.2) is 20.6 Å². The highest BCUT2D eigenvalue weighted by Crippen LogP contribution is 2.21. The lowest BCUT2D eigenvalue weighted by molar-refractivity contribution is 0.102. The van der Waals surface area contributed by atoms with Crippen LogP contribution in [0.3, 0.4) is 0 Å². The topological polar surface area (TPSA) is 63.2 Å². The highest BCUT2D eigenvalue weighted by molar-refractivity contribution is 7.90. The van der Waals surface area contributed by atoms with Gasteiger partial charge in [-0.25, -0.2) is 12.8 Å². The second-order valence-corrected chi connectivity index (χ2v) is 6.70. The van der Waals surface area contributed by atoms with Gasteiger partial charge in [0.05, 0.1) is 10.5 Å². The first kappa shape index (κ1) is 15.2. The van der Waals surface area contributed by atoms with Crippen LogP contribution < -0.4 is 5.32 Å². The van der Waals surface area contributed by atoms with Crippen LogP contribution in [0.15, 0.2) is 47.4 Å². The van der Waals surface area contributed by atoms with Gasteiger partial charge in [0.15, 0.2) is 9.84 Å². The molecule has 2 rings (SSSR count). The van der Waals surface area contributed by atoms with Gasteiger partial charge in [-0.1, -0.05) is 18.2 Å². The van der Waals surface area contributed by atoms with Crippen LogP contribution >= 0.6 is 0 Å². The highest BCUT2D eigenvalue weighted by Gasteiger charge is 2.14. The Labute approximate surface area is 122 Å². The van der Waals surface area contributed by atoms with Crippen LogP contribution in [0, 0.1) is 12.7 Å². The summed E-state index contributed by atoms with van der Waals surface area (Å²) >= 11 is 0. The minimum atomic E-state index is -3.38. The Bertz CT molecular complexity index is 800. The maximum atomic E-state index is 13.6. The molecule has 0 atom stereocenters. The SMILES string of the molecule is Cc1ccc(S(C)(=O)=O)cc1NC(=O)c1ccccc1F. The average molecular weight is 307 g/mol. The van der Waals surface area contributed by atoms with Crippen molar-refractivity contribution in [3.8, 4) is 0 Å². The number of anilines is 1. The molecule has 0 unspecified atom stereocenters. The summed E-state index contributed by atoms with van der Waals surface area (Å²) < 4.78 is 36.6. The largest absolute Gasteiger partial charge is 0.322 e. The molecule has 4 nitrogen and oxygen atoms in total. The molecular weight excluding hydrogens is 293 g/mol. The molecule has 0 aromatic heterocycles. The van der Waals surface area contributed by atoms with E-state index in [0.29, 0.717) is 11.3 Å². The molecule has 0 aliphatic rings. The van der Waals surface area contributed by atoms with Gasteiger partial charge in [0.2, 0.25) is 0 Å². The summed E-state index contributed by atoms with van der Waals surface area (Å²) in [4.78, 5) is 12.1. The molecule has 0 aliphatic heterocycles. The van der Waals surface area contributed by atoms with Gasteiger partial charge in [-0.05, 0) is 36.8 Å². The zero-order chi connectivity index (χ0) is 15.6. The molecule has 0 bridgehead atoms. The van der Waals surface area contributed by atoms with E-state index in [0.717, 1.165) is 6.26 Å². The summed E-state index contributed by atoms with van der Waals surface area (Å²) in [5.41, 5.74) is 0.930. The van der Waals surface area contributed by atoms with Crippen molar-refractivity contribution in [1.29, 1.82) is 0 Å². The number of hydrogen-bond acceptors (Lipinski definition) is 3. The molecule has 6 heteroatoms. The first-order valence-electron chi connectivity index (χ1n) is 6.15. The Morgan fingerprint density at radius 3 is 2.43 bits per heavy atom. The van der Waals surface area contributed by atoms with Crippen molar-refractivity contribution in [1.82, 2.24) is 0 Å². The van der Waals surface area contributed by atoms with Crippen molar-refractivity contribution in [2.75, 3.05) is 11.6 Å². The Hall–Kier alpha value is -2.21. The second-order valence-electron chi connectivity index (χ2n) is 4.68. The van der Waals surface area contributed by atoms with Crippen molar-refractivity contribution >= 4 is 21.4 Å². The first-order chi connectivity index (χ1) is 9.79. The van der Waals surface area contributed by atoms with Crippen molar-refractivity contribution in [3.63, 3.8) is 0 Å². The zero-order valence-corrected chi connectivity index (χ0v) is 12.4. The number of nitrogens with one attached hydrogen (secondary N) is 1. The van der Waals surface area contributed by atoms with Gasteiger partial charge in [-0.15, -0.1) is 0 Å². The number of amides is 1. The van der Waals surface area contributed by atoms with E-state index in [1.54, 1.807) is 19.1 Å². The summed E-state index contributed by atoms with van der Waals surface area (Å²) in [6, 6.07) is 10.0. The predicted molar refractivity (Wildman–Crippen MR) is 78.6 cm³/mol. The Morgan fingerprint density at radius 1 is 1.14 bits per heavy atom. The second kappa shape index (κ2) is 5.65. The maximum absolute atomic E-state index is 13.6. The normalized spacial score (nSPS) is 11.2. The quantitative estimate of drug-likeness (QED) is 0.948. The molecule has 0 radical (unpaired) electrons. The van der Waals surface area contributed by atoms with E-state index in [9.17, 15) is 17.6 Å². The molecule has 0 fully saturated rings. The molecule has 0 spiro atoms. The van der Waals surface area contributed by atoms with E-state index >= 15 is 0 Å². The van der Waals surface area contributed by atoms with Crippen molar-refractivity contribution in [2.45, 2.75) is 11.8 Å². The smallest absolute Gasteiger partial charge is 0.258 e. The van der Waals surface area contributed by atoms with Gasteiger partial charge >= 0.3 is 0 Å². The lowest BCUT2D eigenvalue weighted by Crippen LogP contribution is -2.15. The van der Waals surface area contributed by atoms with Gasteiger partial charge in [0.25, 0.3) is 5.91 Å². The first-order valence-corrected chi connectivity index (χ1v) is 8.05. The molecule has 2 aromatic carbocycles. The van der Waals surface area contributed by atoms with Gasteiger partial charge in [0.1, 0.15) is 5.82 Å². The monoisotopic (exact) mass is 307 g/mol. The molecule has 110 valence electrons. The van der Waals surface area contributed by atoms with E-state index in [2.05, 4.69) is 5.32 Å². The third-order valence-electron chi connectivity index (χ3n) is 3.00. The van der Waals surface area contributed by atoms with Crippen molar-refractivity contribution in [3.05, 3.63) is 59.4 Å². The van der Waals surface area contributed by atoms with E-state index in [1.807, 2.05) is 0 Å². The Morgan fingerprint density at radius 2 is 1.81 bits per heavy atom. The third kappa shape index (κ3) is 3.46. The lowest BCUT2D eigenvalue weighted by atomic mass is 10.1. The molecule has 0 heterocycles. The lowest BCUT2D eigenvalue weighted by Gasteiger charge is -2.10. The molecule has 0 aliphatic carbocycles. The Balaban J connectivity index is 2.36. The minimum absolute atomic E-state index is 0.0944. The third-order valence-corrected chi connectivity index (χ3v) is 4.11. The van der Waals surface area contributed by atoms with Gasteiger partial charge in [0, 0.05) is 11.9 Å². The van der Waals surface area contributed by atoms with Crippen LogP contribution in [0.2, 0.25) is 0 Å². The predicted octanol–water partition coefficient (Wildman–Crippen LogP) is 2.79. The maximum Gasteiger partial charge on any atom is 0.258 e. The molecular formula is C15H14FNO3S. The summed E-state index contributed by atoms with van der Waals surface area (Å²) in [5, 5.41) is 2.54. The summed E-state index contributed by atoms with van der Waals surface area (Å²) in [7, 11) is -3.38. The number of sulfone groups is 1. The van der Waals surface area contributed by atoms with E-state index in [-0.39, 0.29) is 10.5 Å². The summed E-state index contributed by atoms with van der Waals surface area (Å²) in [6.07, 6.45) is 1.08. The number of carbonyl (C=O) groups excluding carboxylic acids is 1. The van der Waals surface area contributed by atoms with Crippen LogP contribution in [0.25, 0.3) is 0 Å². The number of carbonyl (C=O) groups is 1. The fourth-order valence-electron chi connectivity index (χ4n) is 1.80. The van der Waals surface area contributed by atoms with Crippen LogP contribution in [0.4, 0.5) is 10.1 Å². The summed E-state index contributed by atoms with van der Waals surface area (Å²) in [5.74, 6) is -1.26.